The zero-order valence-corrected chi connectivity index (χ0v) is 13.2. The molecular formula is C18H29NO. The molecule has 2 atom stereocenters. The van der Waals surface area contributed by atoms with Gasteiger partial charge in [0.2, 0.25) is 0 Å². The highest BCUT2D eigenvalue weighted by molar-refractivity contribution is 5.33. The predicted octanol–water partition coefficient (Wildman–Crippen LogP) is 4.39. The number of benzene rings is 1. The smallest absolute Gasteiger partial charge is 0.124 e. The van der Waals surface area contributed by atoms with Gasteiger partial charge in [0.1, 0.15) is 5.75 Å². The molecule has 0 heterocycles. The van der Waals surface area contributed by atoms with E-state index in [1.165, 1.54) is 31.2 Å². The third-order valence-electron chi connectivity index (χ3n) is 4.35. The summed E-state index contributed by atoms with van der Waals surface area (Å²) in [4.78, 5) is 0. The Balaban J connectivity index is 1.84. The highest BCUT2D eigenvalue weighted by Crippen LogP contribution is 2.29. The van der Waals surface area contributed by atoms with E-state index in [9.17, 15) is 0 Å². The second-order valence-corrected chi connectivity index (χ2v) is 6.43. The second-order valence-electron chi connectivity index (χ2n) is 6.43. The van der Waals surface area contributed by atoms with E-state index in [0.29, 0.717) is 0 Å². The van der Waals surface area contributed by atoms with Crippen LogP contribution in [0, 0.1) is 11.8 Å². The number of ether oxygens (including phenoxy) is 1. The van der Waals surface area contributed by atoms with Gasteiger partial charge in [-0.3, -0.25) is 0 Å². The first-order valence-electron chi connectivity index (χ1n) is 8.12. The molecule has 0 aromatic heterocycles. The van der Waals surface area contributed by atoms with Gasteiger partial charge >= 0.3 is 0 Å². The Morgan fingerprint density at radius 1 is 1.20 bits per heavy atom. The second kappa shape index (κ2) is 7.68. The monoisotopic (exact) mass is 275 g/mol. The highest BCUT2D eigenvalue weighted by Gasteiger charge is 2.20. The van der Waals surface area contributed by atoms with Gasteiger partial charge in [0.15, 0.2) is 0 Å². The first kappa shape index (κ1) is 15.4. The lowest BCUT2D eigenvalue weighted by molar-refractivity contribution is 0.236. The van der Waals surface area contributed by atoms with Crippen LogP contribution < -0.4 is 10.1 Å². The van der Waals surface area contributed by atoms with E-state index in [1.807, 2.05) is 6.07 Å². The van der Waals surface area contributed by atoms with Crippen LogP contribution in [-0.2, 0) is 6.54 Å². The van der Waals surface area contributed by atoms with E-state index in [-0.39, 0.29) is 6.10 Å². The fourth-order valence-electron chi connectivity index (χ4n) is 3.11. The van der Waals surface area contributed by atoms with E-state index in [1.54, 1.807) is 0 Å². The number of rotatable bonds is 6. The van der Waals surface area contributed by atoms with Crippen molar-refractivity contribution in [1.29, 1.82) is 0 Å². The molecule has 2 unspecified atom stereocenters. The number of nitrogens with one attached hydrogen (secondary N) is 1. The zero-order valence-electron chi connectivity index (χ0n) is 13.2. The van der Waals surface area contributed by atoms with Crippen molar-refractivity contribution >= 4 is 0 Å². The first-order valence-corrected chi connectivity index (χ1v) is 8.12. The zero-order chi connectivity index (χ0) is 14.4. The summed E-state index contributed by atoms with van der Waals surface area (Å²) in [6.07, 6.45) is 5.85. The normalized spacial score (nSPS) is 23.0. The van der Waals surface area contributed by atoms with Crippen LogP contribution in [0.15, 0.2) is 24.3 Å². The quantitative estimate of drug-likeness (QED) is 0.831. The van der Waals surface area contributed by atoms with Crippen molar-refractivity contribution in [2.45, 2.75) is 59.1 Å². The lowest BCUT2D eigenvalue weighted by Crippen LogP contribution is -2.29. The van der Waals surface area contributed by atoms with Crippen molar-refractivity contribution in [3.05, 3.63) is 29.8 Å². The van der Waals surface area contributed by atoms with Crippen LogP contribution in [0.1, 0.15) is 52.0 Å². The molecule has 1 fully saturated rings. The molecule has 0 bridgehead atoms. The average Bonchev–Trinajstić information content (AvgIpc) is 2.42. The summed E-state index contributed by atoms with van der Waals surface area (Å²) in [5.41, 5.74) is 1.27. The standard InChI is InChI=1S/C18H29NO/c1-14(2)20-18-11-7-6-10-17(18)13-19-12-16-9-5-4-8-15(16)3/h6-7,10-11,14-16,19H,4-5,8-9,12-13H2,1-3H3. The third-order valence-corrected chi connectivity index (χ3v) is 4.35. The largest absolute Gasteiger partial charge is 0.491 e. The Hall–Kier alpha value is -1.02. The van der Waals surface area contributed by atoms with Gasteiger partial charge in [0.25, 0.3) is 0 Å². The molecule has 1 aliphatic rings. The molecule has 0 saturated heterocycles. The van der Waals surface area contributed by atoms with Gasteiger partial charge in [-0.25, -0.2) is 0 Å². The summed E-state index contributed by atoms with van der Waals surface area (Å²) in [6, 6.07) is 8.37. The van der Waals surface area contributed by atoms with Crippen LogP contribution in [0.3, 0.4) is 0 Å². The number of hydrogen-bond donors (Lipinski definition) is 1. The minimum Gasteiger partial charge on any atom is -0.491 e. The van der Waals surface area contributed by atoms with E-state index in [2.05, 4.69) is 44.3 Å². The number of para-hydroxylation sites is 1. The van der Waals surface area contributed by atoms with Gasteiger partial charge in [-0.05, 0) is 44.7 Å². The molecule has 2 heteroatoms. The molecule has 112 valence electrons. The number of hydrogen-bond acceptors (Lipinski definition) is 2. The maximum absolute atomic E-state index is 5.87. The summed E-state index contributed by atoms with van der Waals surface area (Å²) >= 11 is 0. The Labute approximate surface area is 123 Å². The molecule has 1 saturated carbocycles. The van der Waals surface area contributed by atoms with Gasteiger partial charge in [-0.15, -0.1) is 0 Å². The van der Waals surface area contributed by atoms with Crippen molar-refractivity contribution in [3.63, 3.8) is 0 Å². The summed E-state index contributed by atoms with van der Waals surface area (Å²) in [5.74, 6) is 2.74. The first-order chi connectivity index (χ1) is 9.66. The molecule has 0 aliphatic heterocycles. The third kappa shape index (κ3) is 4.52. The molecule has 1 aromatic carbocycles. The lowest BCUT2D eigenvalue weighted by Gasteiger charge is -2.29. The average molecular weight is 275 g/mol. The Bertz CT molecular complexity index is 402. The van der Waals surface area contributed by atoms with Crippen molar-refractivity contribution in [2.75, 3.05) is 6.54 Å². The highest BCUT2D eigenvalue weighted by atomic mass is 16.5. The SMILES string of the molecule is CC(C)Oc1ccccc1CNCC1CCCCC1C. The lowest BCUT2D eigenvalue weighted by atomic mass is 9.80. The molecule has 2 nitrogen and oxygen atoms in total. The molecule has 20 heavy (non-hydrogen) atoms. The van der Waals surface area contributed by atoms with Crippen LogP contribution in [0.4, 0.5) is 0 Å². The van der Waals surface area contributed by atoms with Gasteiger partial charge in [-0.2, -0.15) is 0 Å². The Kier molecular flexibility index (Phi) is 5.90. The van der Waals surface area contributed by atoms with Crippen LogP contribution in [0.5, 0.6) is 5.75 Å². The fraction of sp³-hybridized carbons (Fsp3) is 0.667. The molecule has 2 rings (SSSR count). The van der Waals surface area contributed by atoms with E-state index in [4.69, 9.17) is 4.74 Å². The Morgan fingerprint density at radius 2 is 1.95 bits per heavy atom. The van der Waals surface area contributed by atoms with Crippen LogP contribution in [-0.4, -0.2) is 12.6 Å². The molecule has 0 amide bonds. The van der Waals surface area contributed by atoms with Gasteiger partial charge in [0.05, 0.1) is 6.10 Å². The summed E-state index contributed by atoms with van der Waals surface area (Å²) < 4.78 is 5.87. The topological polar surface area (TPSA) is 21.3 Å². The Morgan fingerprint density at radius 3 is 2.70 bits per heavy atom. The van der Waals surface area contributed by atoms with Gasteiger partial charge in [0, 0.05) is 12.1 Å². The van der Waals surface area contributed by atoms with Crippen molar-refractivity contribution in [1.82, 2.24) is 5.32 Å². The fourth-order valence-corrected chi connectivity index (χ4v) is 3.11. The molecule has 1 aliphatic carbocycles. The minimum absolute atomic E-state index is 0.231. The van der Waals surface area contributed by atoms with Gasteiger partial charge < -0.3 is 10.1 Å². The predicted molar refractivity (Wildman–Crippen MR) is 85.0 cm³/mol. The summed E-state index contributed by atoms with van der Waals surface area (Å²) in [6.45, 7) is 8.60. The van der Waals surface area contributed by atoms with Crippen molar-refractivity contribution in [2.24, 2.45) is 11.8 Å². The summed E-state index contributed by atoms with van der Waals surface area (Å²) in [5, 5.41) is 3.64. The molecule has 0 spiro atoms. The van der Waals surface area contributed by atoms with E-state index < -0.39 is 0 Å². The molecular weight excluding hydrogens is 246 g/mol. The van der Waals surface area contributed by atoms with Crippen LogP contribution in [0.2, 0.25) is 0 Å². The maximum Gasteiger partial charge on any atom is 0.124 e. The minimum atomic E-state index is 0.231. The van der Waals surface area contributed by atoms with Crippen molar-refractivity contribution < 1.29 is 4.74 Å². The van der Waals surface area contributed by atoms with E-state index >= 15 is 0 Å². The maximum atomic E-state index is 5.87. The molecule has 1 aromatic rings. The van der Waals surface area contributed by atoms with Crippen LogP contribution >= 0.6 is 0 Å². The van der Waals surface area contributed by atoms with E-state index in [0.717, 1.165) is 30.7 Å². The van der Waals surface area contributed by atoms with Crippen LogP contribution in [0.25, 0.3) is 0 Å². The molecule has 0 radical (unpaired) electrons. The molecule has 1 N–H and O–H groups in total. The van der Waals surface area contributed by atoms with Crippen molar-refractivity contribution in [3.8, 4) is 5.75 Å². The van der Waals surface area contributed by atoms with Gasteiger partial charge in [-0.1, -0.05) is 44.4 Å². The summed E-state index contributed by atoms with van der Waals surface area (Å²) in [7, 11) is 0.